The lowest BCUT2D eigenvalue weighted by atomic mass is 10.0. The molecule has 1 saturated heterocycles. The third-order valence-electron chi connectivity index (χ3n) is 2.95. The second-order valence-corrected chi connectivity index (χ2v) is 4.36. The molecule has 2 rings (SSSR count). The first kappa shape index (κ1) is 12.5. The van der Waals surface area contributed by atoms with Gasteiger partial charge < -0.3 is 19.7 Å². The fraction of sp³-hybridized carbons (Fsp3) is 0.538. The molecule has 0 unspecified atom stereocenters. The fourth-order valence-corrected chi connectivity index (χ4v) is 1.90. The molecule has 1 aliphatic rings. The molecule has 1 aromatic rings. The number of rotatable bonds is 3. The van der Waals surface area contributed by atoms with Crippen LogP contribution in [0.5, 0.6) is 0 Å². The molecule has 0 saturated carbocycles. The van der Waals surface area contributed by atoms with Gasteiger partial charge in [0.1, 0.15) is 6.10 Å². The van der Waals surface area contributed by atoms with Crippen LogP contribution in [0, 0.1) is 0 Å². The van der Waals surface area contributed by atoms with Crippen LogP contribution in [0.4, 0.5) is 0 Å². The van der Waals surface area contributed by atoms with E-state index in [9.17, 15) is 10.2 Å². The highest BCUT2D eigenvalue weighted by atomic mass is 16.7. The number of aliphatic hydroxyl groups excluding tert-OH is 2. The van der Waals surface area contributed by atoms with Crippen LogP contribution in [0.3, 0.4) is 0 Å². The normalized spacial score (nSPS) is 33.6. The number of hydrogen-bond acceptors (Lipinski definition) is 4. The van der Waals surface area contributed by atoms with E-state index in [1.54, 1.807) is 6.92 Å². The smallest absolute Gasteiger partial charge is 0.161 e. The highest BCUT2D eigenvalue weighted by molar-refractivity contribution is 5.13. The zero-order chi connectivity index (χ0) is 12.3. The summed E-state index contributed by atoms with van der Waals surface area (Å²) in [6, 6.07) is 9.78. The maximum atomic E-state index is 9.61. The fourth-order valence-electron chi connectivity index (χ4n) is 1.90. The number of hydrogen-bond donors (Lipinski definition) is 2. The van der Waals surface area contributed by atoms with Gasteiger partial charge in [0, 0.05) is 6.42 Å². The highest BCUT2D eigenvalue weighted by Gasteiger charge is 2.34. The zero-order valence-electron chi connectivity index (χ0n) is 9.82. The molecule has 1 aliphatic heterocycles. The molecule has 0 bridgehead atoms. The van der Waals surface area contributed by atoms with Gasteiger partial charge in [0.25, 0.3) is 0 Å². The molecule has 17 heavy (non-hydrogen) atoms. The zero-order valence-corrected chi connectivity index (χ0v) is 9.82. The van der Waals surface area contributed by atoms with E-state index in [2.05, 4.69) is 0 Å². The van der Waals surface area contributed by atoms with Gasteiger partial charge in [-0.2, -0.15) is 0 Å². The molecule has 2 N–H and O–H groups in total. The maximum Gasteiger partial charge on any atom is 0.161 e. The van der Waals surface area contributed by atoms with E-state index in [4.69, 9.17) is 9.47 Å². The second kappa shape index (κ2) is 5.60. The molecule has 0 amide bonds. The van der Waals surface area contributed by atoms with Crippen molar-refractivity contribution in [3.05, 3.63) is 35.9 Å². The summed E-state index contributed by atoms with van der Waals surface area (Å²) >= 11 is 0. The molecule has 0 spiro atoms. The lowest BCUT2D eigenvalue weighted by Gasteiger charge is -2.35. The highest BCUT2D eigenvalue weighted by Crippen LogP contribution is 2.21. The van der Waals surface area contributed by atoms with Crippen molar-refractivity contribution in [1.29, 1.82) is 0 Å². The van der Waals surface area contributed by atoms with Gasteiger partial charge in [0.15, 0.2) is 6.29 Å². The van der Waals surface area contributed by atoms with E-state index in [1.165, 1.54) is 0 Å². The molecule has 1 heterocycles. The molecule has 94 valence electrons. The first-order valence-electron chi connectivity index (χ1n) is 5.84. The van der Waals surface area contributed by atoms with Crippen LogP contribution in [-0.4, -0.2) is 34.8 Å². The molecule has 0 radical (unpaired) electrons. The quantitative estimate of drug-likeness (QED) is 0.826. The Balaban J connectivity index is 1.84. The average Bonchev–Trinajstić information content (AvgIpc) is 2.34. The summed E-state index contributed by atoms with van der Waals surface area (Å²) in [5.41, 5.74) is 1.06. The lowest BCUT2D eigenvalue weighted by molar-refractivity contribution is -0.249. The minimum absolute atomic E-state index is 0.304. The van der Waals surface area contributed by atoms with Gasteiger partial charge >= 0.3 is 0 Å². The van der Waals surface area contributed by atoms with Crippen molar-refractivity contribution >= 4 is 0 Å². The summed E-state index contributed by atoms with van der Waals surface area (Å²) in [4.78, 5) is 0. The number of aliphatic hydroxyl groups is 2. The average molecular weight is 238 g/mol. The predicted octanol–water partition coefficient (Wildman–Crippen LogP) is 1.06. The maximum absolute atomic E-state index is 9.61. The lowest BCUT2D eigenvalue weighted by Crippen LogP contribution is -2.47. The van der Waals surface area contributed by atoms with Crippen LogP contribution in [0.1, 0.15) is 18.9 Å². The Hall–Kier alpha value is -0.940. The van der Waals surface area contributed by atoms with Crippen LogP contribution >= 0.6 is 0 Å². The number of benzene rings is 1. The van der Waals surface area contributed by atoms with Crippen molar-refractivity contribution in [2.24, 2.45) is 0 Å². The summed E-state index contributed by atoms with van der Waals surface area (Å²) < 4.78 is 11.0. The number of ether oxygens (including phenoxy) is 2. The summed E-state index contributed by atoms with van der Waals surface area (Å²) in [6.45, 7) is 2.17. The first-order valence-corrected chi connectivity index (χ1v) is 5.84. The standard InChI is InChI=1S/C13H18O4/c1-9-13(15)11(14)7-12(17-9)16-8-10-5-3-2-4-6-10/h2-6,9,11-15H,7-8H2,1H3/t9-,11+,12-,13-/m1/s1. The Morgan fingerprint density at radius 3 is 2.65 bits per heavy atom. The molecule has 0 aromatic heterocycles. The molecular weight excluding hydrogens is 220 g/mol. The van der Waals surface area contributed by atoms with Gasteiger partial charge in [0.2, 0.25) is 0 Å². The largest absolute Gasteiger partial charge is 0.390 e. The van der Waals surface area contributed by atoms with Gasteiger partial charge in [-0.3, -0.25) is 0 Å². The van der Waals surface area contributed by atoms with Crippen molar-refractivity contribution in [3.63, 3.8) is 0 Å². The Bertz CT molecular complexity index is 329. The van der Waals surface area contributed by atoms with Gasteiger partial charge in [-0.15, -0.1) is 0 Å². The molecule has 1 fully saturated rings. The first-order chi connectivity index (χ1) is 8.16. The van der Waals surface area contributed by atoms with Crippen LogP contribution in [-0.2, 0) is 16.1 Å². The van der Waals surface area contributed by atoms with Crippen LogP contribution < -0.4 is 0 Å². The van der Waals surface area contributed by atoms with Crippen molar-refractivity contribution in [1.82, 2.24) is 0 Å². The van der Waals surface area contributed by atoms with Crippen molar-refractivity contribution in [2.45, 2.75) is 44.6 Å². The van der Waals surface area contributed by atoms with Crippen LogP contribution in [0.25, 0.3) is 0 Å². The van der Waals surface area contributed by atoms with Crippen molar-refractivity contribution in [2.75, 3.05) is 0 Å². The third-order valence-corrected chi connectivity index (χ3v) is 2.95. The summed E-state index contributed by atoms with van der Waals surface area (Å²) in [5, 5.41) is 19.1. The van der Waals surface area contributed by atoms with E-state index in [0.717, 1.165) is 5.56 Å². The summed E-state index contributed by atoms with van der Waals surface area (Å²) in [5.74, 6) is 0. The molecule has 0 aliphatic carbocycles. The van der Waals surface area contributed by atoms with Crippen molar-refractivity contribution in [3.8, 4) is 0 Å². The van der Waals surface area contributed by atoms with Gasteiger partial charge in [-0.1, -0.05) is 30.3 Å². The van der Waals surface area contributed by atoms with Crippen molar-refractivity contribution < 1.29 is 19.7 Å². The molecule has 1 aromatic carbocycles. The van der Waals surface area contributed by atoms with E-state index in [1.807, 2.05) is 30.3 Å². The van der Waals surface area contributed by atoms with Crippen LogP contribution in [0.2, 0.25) is 0 Å². The Kier molecular flexibility index (Phi) is 4.12. The molecule has 4 atom stereocenters. The third kappa shape index (κ3) is 3.26. The Morgan fingerprint density at radius 2 is 2.00 bits per heavy atom. The minimum atomic E-state index is -0.827. The van der Waals surface area contributed by atoms with Gasteiger partial charge in [-0.25, -0.2) is 0 Å². The van der Waals surface area contributed by atoms with Gasteiger partial charge in [-0.05, 0) is 12.5 Å². The van der Waals surface area contributed by atoms with E-state index in [-0.39, 0.29) is 0 Å². The monoisotopic (exact) mass is 238 g/mol. The van der Waals surface area contributed by atoms with E-state index < -0.39 is 24.6 Å². The summed E-state index contributed by atoms with van der Waals surface area (Å²) in [7, 11) is 0. The molecule has 4 heteroatoms. The molecule has 4 nitrogen and oxygen atoms in total. The minimum Gasteiger partial charge on any atom is -0.390 e. The summed E-state index contributed by atoms with van der Waals surface area (Å²) in [6.07, 6.45) is -2.16. The van der Waals surface area contributed by atoms with E-state index >= 15 is 0 Å². The SMILES string of the molecule is C[C@H]1O[C@@H](OCc2ccccc2)C[C@H](O)[C@@H]1O. The van der Waals surface area contributed by atoms with Gasteiger partial charge in [0.05, 0.1) is 18.8 Å². The van der Waals surface area contributed by atoms with E-state index in [0.29, 0.717) is 13.0 Å². The predicted molar refractivity (Wildman–Crippen MR) is 62.2 cm³/mol. The Labute approximate surface area is 101 Å². The van der Waals surface area contributed by atoms with Crippen LogP contribution in [0.15, 0.2) is 30.3 Å². The Morgan fingerprint density at radius 1 is 1.29 bits per heavy atom. The second-order valence-electron chi connectivity index (χ2n) is 4.36. The topological polar surface area (TPSA) is 58.9 Å². The molecular formula is C13H18O4.